The van der Waals surface area contributed by atoms with Crippen LogP contribution in [0.5, 0.6) is 0 Å². The van der Waals surface area contributed by atoms with Gasteiger partial charge in [0.05, 0.1) is 0 Å². The molecule has 0 spiro atoms. The molecule has 0 aliphatic heterocycles. The zero-order valence-electron chi connectivity index (χ0n) is 9.71. The number of nitrogens with one attached hydrogen (secondary N) is 1. The Bertz CT molecular complexity index is 234. The maximum atomic E-state index is 11.4. The fourth-order valence-electron chi connectivity index (χ4n) is 2.12. The van der Waals surface area contributed by atoms with E-state index < -0.39 is 5.97 Å². The summed E-state index contributed by atoms with van der Waals surface area (Å²) in [5.74, 6) is -0.0494. The Hall–Kier alpha value is -1.06. The molecule has 0 aromatic carbocycles. The van der Waals surface area contributed by atoms with Crippen LogP contribution in [0.25, 0.3) is 0 Å². The minimum atomic E-state index is -0.786. The van der Waals surface area contributed by atoms with Crippen molar-refractivity contribution in [1.29, 1.82) is 0 Å². The fraction of sp³-hybridized carbons (Fsp3) is 0.833. The van der Waals surface area contributed by atoms with Gasteiger partial charge in [0.1, 0.15) is 0 Å². The number of carbonyl (C=O) groups excluding carboxylic acids is 1. The van der Waals surface area contributed by atoms with Gasteiger partial charge in [0.2, 0.25) is 5.91 Å². The van der Waals surface area contributed by atoms with Gasteiger partial charge in [-0.1, -0.05) is 12.8 Å². The summed E-state index contributed by atoms with van der Waals surface area (Å²) in [5, 5.41) is 11.4. The van der Waals surface area contributed by atoms with Gasteiger partial charge >= 0.3 is 5.97 Å². The lowest BCUT2D eigenvalue weighted by Crippen LogP contribution is -2.28. The van der Waals surface area contributed by atoms with Crippen LogP contribution in [0.15, 0.2) is 0 Å². The van der Waals surface area contributed by atoms with E-state index in [4.69, 9.17) is 5.11 Å². The highest BCUT2D eigenvalue weighted by atomic mass is 16.4. The van der Waals surface area contributed by atoms with Gasteiger partial charge in [0.25, 0.3) is 0 Å². The van der Waals surface area contributed by atoms with Crippen molar-refractivity contribution in [3.8, 4) is 0 Å². The van der Waals surface area contributed by atoms with Gasteiger partial charge in [-0.3, -0.25) is 9.59 Å². The lowest BCUT2D eigenvalue weighted by molar-refractivity contribution is -0.137. The molecule has 1 saturated carbocycles. The highest BCUT2D eigenvalue weighted by Crippen LogP contribution is 2.23. The van der Waals surface area contributed by atoms with Gasteiger partial charge in [-0.25, -0.2) is 0 Å². The van der Waals surface area contributed by atoms with Crippen LogP contribution in [0.1, 0.15) is 51.4 Å². The third-order valence-corrected chi connectivity index (χ3v) is 3.11. The molecule has 0 heterocycles. The molecule has 1 aliphatic rings. The van der Waals surface area contributed by atoms with E-state index in [1.807, 2.05) is 0 Å². The van der Waals surface area contributed by atoms with Crippen LogP contribution in [-0.2, 0) is 9.59 Å². The molecule has 4 heteroatoms. The summed E-state index contributed by atoms with van der Waals surface area (Å²) in [4.78, 5) is 21.6. The Morgan fingerprint density at radius 2 is 1.75 bits per heavy atom. The summed E-state index contributed by atoms with van der Waals surface area (Å²) < 4.78 is 0. The summed E-state index contributed by atoms with van der Waals surface area (Å²) in [6.07, 6.45) is 6.93. The van der Waals surface area contributed by atoms with Crippen LogP contribution in [0, 0.1) is 5.92 Å². The molecule has 1 amide bonds. The fourth-order valence-corrected chi connectivity index (χ4v) is 2.12. The third kappa shape index (κ3) is 5.73. The van der Waals surface area contributed by atoms with Gasteiger partial charge in [-0.2, -0.15) is 0 Å². The van der Waals surface area contributed by atoms with E-state index in [0.29, 0.717) is 25.2 Å². The van der Waals surface area contributed by atoms with E-state index in [1.54, 1.807) is 0 Å². The molecule has 2 N–H and O–H groups in total. The molecule has 1 aliphatic carbocycles. The van der Waals surface area contributed by atoms with Gasteiger partial charge in [-0.05, 0) is 31.6 Å². The minimum Gasteiger partial charge on any atom is -0.481 e. The first kappa shape index (κ1) is 13.0. The Kier molecular flexibility index (Phi) is 5.90. The second-order valence-corrected chi connectivity index (χ2v) is 4.56. The monoisotopic (exact) mass is 227 g/mol. The van der Waals surface area contributed by atoms with Crippen molar-refractivity contribution in [2.24, 2.45) is 5.92 Å². The first-order valence-corrected chi connectivity index (χ1v) is 6.17. The van der Waals surface area contributed by atoms with Crippen LogP contribution < -0.4 is 5.32 Å². The van der Waals surface area contributed by atoms with Gasteiger partial charge in [0, 0.05) is 19.4 Å². The van der Waals surface area contributed by atoms with Gasteiger partial charge < -0.3 is 10.4 Å². The molecule has 92 valence electrons. The predicted octanol–water partition coefficient (Wildman–Crippen LogP) is 1.94. The zero-order valence-corrected chi connectivity index (χ0v) is 9.71. The van der Waals surface area contributed by atoms with E-state index in [0.717, 1.165) is 6.54 Å². The Labute approximate surface area is 96.4 Å². The lowest BCUT2D eigenvalue weighted by atomic mass is 10.1. The first-order chi connectivity index (χ1) is 7.68. The highest BCUT2D eigenvalue weighted by Gasteiger charge is 2.15. The van der Waals surface area contributed by atoms with Crippen LogP contribution in [0.3, 0.4) is 0 Å². The molecule has 1 fully saturated rings. The molecular weight excluding hydrogens is 206 g/mol. The van der Waals surface area contributed by atoms with E-state index in [9.17, 15) is 9.59 Å². The van der Waals surface area contributed by atoms with E-state index >= 15 is 0 Å². The number of amides is 1. The van der Waals surface area contributed by atoms with Crippen molar-refractivity contribution in [1.82, 2.24) is 5.32 Å². The number of carbonyl (C=O) groups is 2. The van der Waals surface area contributed by atoms with Gasteiger partial charge in [-0.15, -0.1) is 0 Å². The summed E-state index contributed by atoms with van der Waals surface area (Å²) >= 11 is 0. The number of carboxylic acids is 1. The molecule has 0 radical (unpaired) electrons. The van der Waals surface area contributed by atoms with Gasteiger partial charge in [0.15, 0.2) is 0 Å². The van der Waals surface area contributed by atoms with E-state index in [-0.39, 0.29) is 12.3 Å². The van der Waals surface area contributed by atoms with Crippen LogP contribution in [0.2, 0.25) is 0 Å². The summed E-state index contributed by atoms with van der Waals surface area (Å²) in [7, 11) is 0. The first-order valence-electron chi connectivity index (χ1n) is 6.17. The molecule has 0 unspecified atom stereocenters. The predicted molar refractivity (Wildman–Crippen MR) is 61.1 cm³/mol. The SMILES string of the molecule is O=C(O)CCCCC(=O)NCC1CCCC1. The molecule has 0 aromatic heterocycles. The molecule has 0 saturated heterocycles. The van der Waals surface area contributed by atoms with Crippen molar-refractivity contribution >= 4 is 11.9 Å². The molecule has 0 atom stereocenters. The van der Waals surface area contributed by atoms with Crippen LogP contribution in [-0.4, -0.2) is 23.5 Å². The molecular formula is C12H21NO3. The van der Waals surface area contributed by atoms with Crippen molar-refractivity contribution in [2.45, 2.75) is 51.4 Å². The molecule has 1 rings (SSSR count). The summed E-state index contributed by atoms with van der Waals surface area (Å²) in [6, 6.07) is 0. The molecule has 0 bridgehead atoms. The summed E-state index contributed by atoms with van der Waals surface area (Å²) in [5.41, 5.74) is 0. The third-order valence-electron chi connectivity index (χ3n) is 3.11. The average molecular weight is 227 g/mol. The number of hydrogen-bond donors (Lipinski definition) is 2. The van der Waals surface area contributed by atoms with E-state index in [1.165, 1.54) is 25.7 Å². The molecule has 0 aromatic rings. The maximum absolute atomic E-state index is 11.4. The minimum absolute atomic E-state index is 0.0669. The molecule has 4 nitrogen and oxygen atoms in total. The quantitative estimate of drug-likeness (QED) is 0.653. The average Bonchev–Trinajstić information content (AvgIpc) is 2.74. The Morgan fingerprint density at radius 3 is 2.38 bits per heavy atom. The van der Waals surface area contributed by atoms with E-state index in [2.05, 4.69) is 5.32 Å². The lowest BCUT2D eigenvalue weighted by Gasteiger charge is -2.10. The van der Waals surface area contributed by atoms with Crippen LogP contribution >= 0.6 is 0 Å². The Balaban J connectivity index is 1.95. The molecule has 16 heavy (non-hydrogen) atoms. The number of hydrogen-bond acceptors (Lipinski definition) is 2. The number of unbranched alkanes of at least 4 members (excludes halogenated alkanes) is 1. The number of carboxylic acid groups (broad SMARTS) is 1. The van der Waals surface area contributed by atoms with Crippen molar-refractivity contribution in [3.05, 3.63) is 0 Å². The highest BCUT2D eigenvalue weighted by molar-refractivity contribution is 5.75. The van der Waals surface area contributed by atoms with Crippen molar-refractivity contribution in [2.75, 3.05) is 6.54 Å². The second kappa shape index (κ2) is 7.25. The maximum Gasteiger partial charge on any atom is 0.303 e. The largest absolute Gasteiger partial charge is 0.481 e. The van der Waals surface area contributed by atoms with Crippen molar-refractivity contribution in [3.63, 3.8) is 0 Å². The zero-order chi connectivity index (χ0) is 11.8. The van der Waals surface area contributed by atoms with Crippen LogP contribution in [0.4, 0.5) is 0 Å². The summed E-state index contributed by atoms with van der Waals surface area (Å²) in [6.45, 7) is 0.803. The topological polar surface area (TPSA) is 66.4 Å². The number of rotatable bonds is 7. The second-order valence-electron chi connectivity index (χ2n) is 4.56. The smallest absolute Gasteiger partial charge is 0.303 e. The van der Waals surface area contributed by atoms with Crippen molar-refractivity contribution < 1.29 is 14.7 Å². The normalized spacial score (nSPS) is 16.2. The number of aliphatic carboxylic acids is 1. The Morgan fingerprint density at radius 1 is 1.12 bits per heavy atom. The standard InChI is InChI=1S/C12H21NO3/c14-11(7-3-4-8-12(15)16)13-9-10-5-1-2-6-10/h10H,1-9H2,(H,13,14)(H,15,16).